The molecule has 2 amide bonds. The molecule has 1 aliphatic heterocycles. The number of hydrogen-bond acceptors (Lipinski definition) is 4. The second-order valence-corrected chi connectivity index (χ2v) is 5.84. The molecule has 0 saturated carbocycles. The summed E-state index contributed by atoms with van der Waals surface area (Å²) in [6, 6.07) is 1.65. The summed E-state index contributed by atoms with van der Waals surface area (Å²) in [7, 11) is 0. The van der Waals surface area contributed by atoms with Crippen molar-refractivity contribution in [3.8, 4) is 0 Å². The van der Waals surface area contributed by atoms with Gasteiger partial charge in [-0.3, -0.25) is 9.59 Å². The number of carboxylic acids is 1. The van der Waals surface area contributed by atoms with Crippen molar-refractivity contribution in [1.29, 1.82) is 0 Å². The van der Waals surface area contributed by atoms with Gasteiger partial charge in [0.15, 0.2) is 0 Å². The van der Waals surface area contributed by atoms with Gasteiger partial charge in [0.25, 0.3) is 5.91 Å². The van der Waals surface area contributed by atoms with Crippen molar-refractivity contribution < 1.29 is 19.5 Å². The summed E-state index contributed by atoms with van der Waals surface area (Å²) in [5, 5.41) is 10.3. The predicted octanol–water partition coefficient (Wildman–Crippen LogP) is 1.18. The maximum atomic E-state index is 12.4. The number of rotatable bonds is 4. The van der Waals surface area contributed by atoms with Crippen molar-refractivity contribution in [2.24, 2.45) is 11.7 Å². The van der Waals surface area contributed by atoms with E-state index in [1.165, 1.54) is 17.4 Å². The molecule has 1 unspecified atom stereocenters. The summed E-state index contributed by atoms with van der Waals surface area (Å²) in [6.07, 6.45) is 3.96. The van der Waals surface area contributed by atoms with Gasteiger partial charge in [0.2, 0.25) is 5.91 Å². The maximum Gasteiger partial charge on any atom is 0.328 e. The molecule has 3 N–H and O–H groups in total. The first kappa shape index (κ1) is 15.2. The normalized spacial score (nSPS) is 18.9. The van der Waals surface area contributed by atoms with Gasteiger partial charge in [0.05, 0.1) is 11.5 Å². The molecule has 1 aromatic rings. The van der Waals surface area contributed by atoms with Crippen LogP contribution in [-0.4, -0.2) is 40.9 Å². The van der Waals surface area contributed by atoms with Crippen LogP contribution >= 0.6 is 11.3 Å². The summed E-state index contributed by atoms with van der Waals surface area (Å²) in [5.74, 6) is -1.83. The third-order valence-electron chi connectivity index (χ3n) is 3.37. The van der Waals surface area contributed by atoms with E-state index < -0.39 is 5.97 Å². The fraction of sp³-hybridized carbons (Fsp3) is 0.357. The third kappa shape index (κ3) is 3.91. The molecule has 0 aromatic carbocycles. The minimum Gasteiger partial charge on any atom is -0.478 e. The molecule has 2 heterocycles. The van der Waals surface area contributed by atoms with E-state index in [1.54, 1.807) is 16.3 Å². The number of carbonyl (C=O) groups excluding carboxylic acids is 2. The highest BCUT2D eigenvalue weighted by Crippen LogP contribution is 2.22. The average molecular weight is 308 g/mol. The van der Waals surface area contributed by atoms with E-state index in [2.05, 4.69) is 0 Å². The highest BCUT2D eigenvalue weighted by Gasteiger charge is 2.27. The Morgan fingerprint density at radius 2 is 2.19 bits per heavy atom. The van der Waals surface area contributed by atoms with Crippen molar-refractivity contribution in [3.05, 3.63) is 28.0 Å². The zero-order valence-corrected chi connectivity index (χ0v) is 12.1. The number of carbonyl (C=O) groups is 3. The quantitative estimate of drug-likeness (QED) is 0.816. The lowest BCUT2D eigenvalue weighted by molar-refractivity contribution is -0.131. The monoisotopic (exact) mass is 308 g/mol. The average Bonchev–Trinajstić information content (AvgIpc) is 2.93. The molecule has 0 radical (unpaired) electrons. The van der Waals surface area contributed by atoms with Crippen LogP contribution in [0.5, 0.6) is 0 Å². The summed E-state index contributed by atoms with van der Waals surface area (Å²) >= 11 is 1.30. The molecule has 7 heteroatoms. The zero-order valence-electron chi connectivity index (χ0n) is 11.3. The first-order valence-corrected chi connectivity index (χ1v) is 7.43. The fourth-order valence-corrected chi connectivity index (χ4v) is 3.06. The van der Waals surface area contributed by atoms with Gasteiger partial charge in [-0.2, -0.15) is 0 Å². The summed E-state index contributed by atoms with van der Waals surface area (Å²) < 4.78 is 0. The van der Waals surface area contributed by atoms with Crippen LogP contribution in [-0.2, 0) is 9.59 Å². The number of piperidine rings is 1. The number of nitrogens with two attached hydrogens (primary N) is 1. The zero-order chi connectivity index (χ0) is 15.4. The number of nitrogens with zero attached hydrogens (tertiary/aromatic N) is 1. The van der Waals surface area contributed by atoms with Crippen LogP contribution in [0.3, 0.4) is 0 Å². The number of aliphatic carboxylic acids is 1. The van der Waals surface area contributed by atoms with Crippen LogP contribution in [0.15, 0.2) is 17.5 Å². The molecule has 1 atom stereocenters. The fourth-order valence-electron chi connectivity index (χ4n) is 2.28. The van der Waals surface area contributed by atoms with Gasteiger partial charge >= 0.3 is 5.97 Å². The lowest BCUT2D eigenvalue weighted by Gasteiger charge is -2.31. The Bertz CT molecular complexity index is 594. The molecule has 0 aliphatic carbocycles. The smallest absolute Gasteiger partial charge is 0.328 e. The summed E-state index contributed by atoms with van der Waals surface area (Å²) in [6.45, 7) is 0.961. The predicted molar refractivity (Wildman–Crippen MR) is 78.8 cm³/mol. The highest BCUT2D eigenvalue weighted by atomic mass is 32.1. The molecule has 1 aliphatic rings. The number of thiophene rings is 1. The number of amides is 2. The topological polar surface area (TPSA) is 101 Å². The Kier molecular flexibility index (Phi) is 4.74. The molecular formula is C14H16N2O4S. The van der Waals surface area contributed by atoms with Crippen molar-refractivity contribution in [3.63, 3.8) is 0 Å². The van der Waals surface area contributed by atoms with Gasteiger partial charge in [-0.15, -0.1) is 11.3 Å². The number of carboxylic acid groups (broad SMARTS) is 1. The molecule has 1 fully saturated rings. The van der Waals surface area contributed by atoms with E-state index in [4.69, 9.17) is 10.8 Å². The molecule has 21 heavy (non-hydrogen) atoms. The third-order valence-corrected chi connectivity index (χ3v) is 4.27. The number of likely N-dealkylation sites (tertiary alicyclic amines) is 1. The lowest BCUT2D eigenvalue weighted by Crippen LogP contribution is -2.44. The van der Waals surface area contributed by atoms with Crippen LogP contribution in [0.4, 0.5) is 0 Å². The molecule has 2 rings (SSSR count). The Balaban J connectivity index is 2.06. The standard InChI is InChI=1S/C14H16N2O4S/c15-13(19)9-2-1-5-16(7-9)14(20)10-6-11(21-8-10)3-4-12(17)18/h3-4,6,8-9H,1-2,5,7H2,(H2,15,19)(H,17,18). The van der Waals surface area contributed by atoms with E-state index in [9.17, 15) is 14.4 Å². The molecule has 1 aromatic heterocycles. The van der Waals surface area contributed by atoms with E-state index in [-0.39, 0.29) is 17.7 Å². The largest absolute Gasteiger partial charge is 0.478 e. The van der Waals surface area contributed by atoms with Crippen LogP contribution in [0.25, 0.3) is 6.08 Å². The summed E-state index contributed by atoms with van der Waals surface area (Å²) in [4.78, 5) is 36.4. The first-order valence-electron chi connectivity index (χ1n) is 6.55. The van der Waals surface area contributed by atoms with Crippen LogP contribution in [0.1, 0.15) is 28.1 Å². The first-order chi connectivity index (χ1) is 9.97. The molecule has 0 spiro atoms. The molecule has 112 valence electrons. The Morgan fingerprint density at radius 1 is 1.43 bits per heavy atom. The Labute approximate surface area is 125 Å². The van der Waals surface area contributed by atoms with Crippen LogP contribution in [0.2, 0.25) is 0 Å². The van der Waals surface area contributed by atoms with Gasteiger partial charge in [-0.25, -0.2) is 4.79 Å². The maximum absolute atomic E-state index is 12.4. The second-order valence-electron chi connectivity index (χ2n) is 4.90. The van der Waals surface area contributed by atoms with Crippen molar-refractivity contribution in [2.45, 2.75) is 12.8 Å². The Morgan fingerprint density at radius 3 is 2.86 bits per heavy atom. The Hall–Kier alpha value is -2.15. The second kappa shape index (κ2) is 6.53. The van der Waals surface area contributed by atoms with E-state index in [0.717, 1.165) is 18.9 Å². The van der Waals surface area contributed by atoms with Gasteiger partial charge in [0.1, 0.15) is 0 Å². The summed E-state index contributed by atoms with van der Waals surface area (Å²) in [5.41, 5.74) is 5.81. The van der Waals surface area contributed by atoms with Gasteiger partial charge in [-0.1, -0.05) is 0 Å². The van der Waals surface area contributed by atoms with E-state index >= 15 is 0 Å². The van der Waals surface area contributed by atoms with Crippen molar-refractivity contribution >= 4 is 35.2 Å². The van der Waals surface area contributed by atoms with E-state index in [1.807, 2.05) is 0 Å². The van der Waals surface area contributed by atoms with Crippen LogP contribution < -0.4 is 5.73 Å². The van der Waals surface area contributed by atoms with Crippen molar-refractivity contribution in [2.75, 3.05) is 13.1 Å². The van der Waals surface area contributed by atoms with Crippen LogP contribution in [0, 0.1) is 5.92 Å². The molecular weight excluding hydrogens is 292 g/mol. The minimum atomic E-state index is -1.03. The highest BCUT2D eigenvalue weighted by molar-refractivity contribution is 7.11. The molecule has 1 saturated heterocycles. The number of primary amides is 1. The molecule has 6 nitrogen and oxygen atoms in total. The SMILES string of the molecule is NC(=O)C1CCCN(C(=O)c2csc(C=CC(=O)O)c2)C1. The lowest BCUT2D eigenvalue weighted by atomic mass is 9.97. The van der Waals surface area contributed by atoms with Gasteiger partial charge < -0.3 is 15.7 Å². The molecule has 0 bridgehead atoms. The van der Waals surface area contributed by atoms with Crippen molar-refractivity contribution in [1.82, 2.24) is 4.90 Å². The minimum absolute atomic E-state index is 0.146. The van der Waals surface area contributed by atoms with Gasteiger partial charge in [0, 0.05) is 29.4 Å². The number of hydrogen-bond donors (Lipinski definition) is 2. The van der Waals surface area contributed by atoms with Gasteiger partial charge in [-0.05, 0) is 25.0 Å². The van der Waals surface area contributed by atoms with E-state index in [0.29, 0.717) is 23.5 Å².